The maximum Gasteiger partial charge on any atom is 0.230 e. The van der Waals surface area contributed by atoms with Gasteiger partial charge in [-0.15, -0.1) is 24.8 Å². The Hall–Kier alpha value is -0.890. The largest absolute Gasteiger partial charge is 0.341 e. The maximum absolute atomic E-state index is 13.4. The van der Waals surface area contributed by atoms with Crippen LogP contribution >= 0.6 is 24.8 Å². The lowest BCUT2D eigenvalue weighted by Gasteiger charge is -2.40. The molecule has 4 rings (SSSR count). The Bertz CT molecular complexity index is 686. The third-order valence-electron chi connectivity index (χ3n) is 6.91. The summed E-state index contributed by atoms with van der Waals surface area (Å²) >= 11 is 0. The Morgan fingerprint density at radius 3 is 2.86 bits per heavy atom. The van der Waals surface area contributed by atoms with Crippen LogP contribution in [0.4, 0.5) is 0 Å². The average molecular weight is 448 g/mol. The normalized spacial score (nSPS) is 28.9. The summed E-state index contributed by atoms with van der Waals surface area (Å²) in [7, 11) is 2.10. The molecule has 1 aromatic rings. The molecule has 1 saturated carbocycles. The Morgan fingerprint density at radius 2 is 2.14 bits per heavy atom. The minimum absolute atomic E-state index is 0. The summed E-state index contributed by atoms with van der Waals surface area (Å²) in [6.07, 6.45) is 5.74. The summed E-state index contributed by atoms with van der Waals surface area (Å²) in [6, 6.07) is 0.364. The number of nitrogens with one attached hydrogen (secondary N) is 1. The zero-order valence-electron chi connectivity index (χ0n) is 17.7. The van der Waals surface area contributed by atoms with Crippen LogP contribution in [0, 0.1) is 11.3 Å². The van der Waals surface area contributed by atoms with E-state index in [9.17, 15) is 4.79 Å². The molecule has 7 nitrogen and oxygen atoms in total. The molecule has 3 aliphatic rings. The minimum atomic E-state index is -0.133. The second-order valence-electron chi connectivity index (χ2n) is 9.04. The van der Waals surface area contributed by atoms with Crippen LogP contribution in [0.15, 0.2) is 4.52 Å². The molecule has 2 saturated heterocycles. The molecule has 0 spiro atoms. The van der Waals surface area contributed by atoms with Crippen molar-refractivity contribution in [3.63, 3.8) is 0 Å². The highest BCUT2D eigenvalue weighted by atomic mass is 35.5. The molecule has 1 aromatic heterocycles. The molecule has 1 unspecified atom stereocenters. The zero-order chi connectivity index (χ0) is 19.0. The molecule has 0 radical (unpaired) electrons. The van der Waals surface area contributed by atoms with Gasteiger partial charge in [-0.05, 0) is 38.8 Å². The first-order valence-corrected chi connectivity index (χ1v) is 10.5. The van der Waals surface area contributed by atoms with Crippen LogP contribution in [0.3, 0.4) is 0 Å². The number of carbonyl (C=O) groups excluding carboxylic acids is 1. The van der Waals surface area contributed by atoms with Gasteiger partial charge in [-0.3, -0.25) is 9.69 Å². The highest BCUT2D eigenvalue weighted by Crippen LogP contribution is 2.45. The van der Waals surface area contributed by atoms with Crippen LogP contribution in [-0.2, 0) is 11.3 Å². The number of fused-ring (bicyclic) bond motifs is 1. The predicted octanol–water partition coefficient (Wildman–Crippen LogP) is 2.85. The fourth-order valence-electron chi connectivity index (χ4n) is 5.19. The van der Waals surface area contributed by atoms with E-state index in [4.69, 9.17) is 4.52 Å². The van der Waals surface area contributed by atoms with E-state index >= 15 is 0 Å². The average Bonchev–Trinajstić information content (AvgIpc) is 3.39. The first-order valence-electron chi connectivity index (χ1n) is 10.5. The topological polar surface area (TPSA) is 74.5 Å². The van der Waals surface area contributed by atoms with Gasteiger partial charge in [0.25, 0.3) is 0 Å². The van der Waals surface area contributed by atoms with E-state index in [1.807, 2.05) is 0 Å². The molecule has 0 bridgehead atoms. The van der Waals surface area contributed by atoms with Gasteiger partial charge >= 0.3 is 0 Å². The van der Waals surface area contributed by atoms with Gasteiger partial charge < -0.3 is 14.7 Å². The molecule has 2 aliphatic heterocycles. The number of amides is 1. The van der Waals surface area contributed by atoms with E-state index < -0.39 is 0 Å². The van der Waals surface area contributed by atoms with E-state index in [0.717, 1.165) is 44.8 Å². The third kappa shape index (κ3) is 4.73. The van der Waals surface area contributed by atoms with Crippen molar-refractivity contribution >= 4 is 30.7 Å². The Balaban J connectivity index is 0.00000150. The lowest BCUT2D eigenvalue weighted by molar-refractivity contribution is -0.144. The van der Waals surface area contributed by atoms with Crippen molar-refractivity contribution in [3.8, 4) is 0 Å². The van der Waals surface area contributed by atoms with Crippen LogP contribution < -0.4 is 5.32 Å². The molecular formula is C20H35Cl2N5O2. The fourth-order valence-corrected chi connectivity index (χ4v) is 5.19. The monoisotopic (exact) mass is 447 g/mol. The van der Waals surface area contributed by atoms with E-state index in [-0.39, 0.29) is 36.1 Å². The number of hydrogen-bond donors (Lipinski definition) is 1. The van der Waals surface area contributed by atoms with Gasteiger partial charge in [0.1, 0.15) is 0 Å². The summed E-state index contributed by atoms with van der Waals surface area (Å²) in [5, 5.41) is 7.60. The van der Waals surface area contributed by atoms with Crippen molar-refractivity contribution in [3.05, 3.63) is 11.7 Å². The molecule has 1 N–H and O–H groups in total. The number of likely N-dealkylation sites (tertiary alicyclic amines) is 1. The first kappa shape index (κ1) is 24.4. The van der Waals surface area contributed by atoms with Gasteiger partial charge in [0.05, 0.1) is 12.0 Å². The van der Waals surface area contributed by atoms with Crippen LogP contribution in [0.5, 0.6) is 0 Å². The van der Waals surface area contributed by atoms with Crippen molar-refractivity contribution in [2.75, 3.05) is 33.2 Å². The number of carbonyl (C=O) groups is 1. The number of hydrogen-bond acceptors (Lipinski definition) is 6. The van der Waals surface area contributed by atoms with Crippen molar-refractivity contribution in [1.29, 1.82) is 0 Å². The minimum Gasteiger partial charge on any atom is -0.341 e. The standard InChI is InChI=1S/C20H33N5O2.2ClH/c1-14(2)18-22-17(23-27-18)12-24(3)16-7-9-25(11-16)19(26)20-8-5-4-6-15(20)10-21-13-20;;/h14-16,21H,4-13H2,1-3H3;2*1H/t15-,16?,20+;;/m0../s1. The van der Waals surface area contributed by atoms with Crippen LogP contribution in [0.1, 0.15) is 63.6 Å². The lowest BCUT2D eigenvalue weighted by Crippen LogP contribution is -2.49. The maximum atomic E-state index is 13.4. The molecule has 9 heteroatoms. The van der Waals surface area contributed by atoms with Crippen molar-refractivity contribution in [2.24, 2.45) is 11.3 Å². The SMILES string of the molecule is CC(C)c1nc(CN(C)C2CCN(C(=O)[C@@]34CCCC[C@H]3CNC4)C2)no1.Cl.Cl. The van der Waals surface area contributed by atoms with E-state index in [1.54, 1.807) is 0 Å². The molecule has 3 atom stereocenters. The fraction of sp³-hybridized carbons (Fsp3) is 0.850. The molecule has 0 aromatic carbocycles. The van der Waals surface area contributed by atoms with Crippen molar-refractivity contribution in [2.45, 2.75) is 64.5 Å². The third-order valence-corrected chi connectivity index (χ3v) is 6.91. The Morgan fingerprint density at radius 1 is 1.34 bits per heavy atom. The van der Waals surface area contributed by atoms with Crippen LogP contribution in [0.25, 0.3) is 0 Å². The number of likely N-dealkylation sites (N-methyl/N-ethyl adjacent to an activating group) is 1. The molecule has 1 amide bonds. The number of halogens is 2. The van der Waals surface area contributed by atoms with E-state index in [0.29, 0.717) is 30.3 Å². The Labute approximate surface area is 186 Å². The van der Waals surface area contributed by atoms with Crippen molar-refractivity contribution < 1.29 is 9.32 Å². The lowest BCUT2D eigenvalue weighted by atomic mass is 9.67. The first-order chi connectivity index (χ1) is 13.0. The molecule has 3 heterocycles. The molecular weight excluding hydrogens is 413 g/mol. The Kier molecular flexibility index (Phi) is 8.36. The molecule has 166 valence electrons. The zero-order valence-corrected chi connectivity index (χ0v) is 19.4. The smallest absolute Gasteiger partial charge is 0.230 e. The quantitative estimate of drug-likeness (QED) is 0.747. The van der Waals surface area contributed by atoms with Gasteiger partial charge in [0.15, 0.2) is 5.82 Å². The summed E-state index contributed by atoms with van der Waals surface area (Å²) in [5.74, 6) is 2.60. The summed E-state index contributed by atoms with van der Waals surface area (Å²) in [5.41, 5.74) is -0.133. The van der Waals surface area contributed by atoms with Crippen molar-refractivity contribution in [1.82, 2.24) is 25.3 Å². The second kappa shape index (κ2) is 9.94. The number of rotatable bonds is 5. The molecule has 1 aliphatic carbocycles. The highest BCUT2D eigenvalue weighted by molar-refractivity contribution is 5.85. The van der Waals surface area contributed by atoms with E-state index in [2.05, 4.69) is 46.2 Å². The van der Waals surface area contributed by atoms with Gasteiger partial charge in [-0.25, -0.2) is 0 Å². The van der Waals surface area contributed by atoms with Gasteiger partial charge in [0.2, 0.25) is 11.8 Å². The van der Waals surface area contributed by atoms with E-state index in [1.165, 1.54) is 19.3 Å². The van der Waals surface area contributed by atoms with Crippen LogP contribution in [0.2, 0.25) is 0 Å². The second-order valence-corrected chi connectivity index (χ2v) is 9.04. The summed E-state index contributed by atoms with van der Waals surface area (Å²) in [6.45, 7) is 8.34. The van der Waals surface area contributed by atoms with Gasteiger partial charge in [0, 0.05) is 31.6 Å². The van der Waals surface area contributed by atoms with Gasteiger partial charge in [-0.1, -0.05) is 31.8 Å². The number of aromatic nitrogens is 2. The van der Waals surface area contributed by atoms with Crippen LogP contribution in [-0.4, -0.2) is 65.1 Å². The highest BCUT2D eigenvalue weighted by Gasteiger charge is 2.52. The molecule has 3 fully saturated rings. The van der Waals surface area contributed by atoms with Gasteiger partial charge in [-0.2, -0.15) is 4.98 Å². The molecule has 29 heavy (non-hydrogen) atoms. The summed E-state index contributed by atoms with van der Waals surface area (Å²) < 4.78 is 5.32. The summed E-state index contributed by atoms with van der Waals surface area (Å²) in [4.78, 5) is 22.3. The number of nitrogens with zero attached hydrogens (tertiary/aromatic N) is 4. The predicted molar refractivity (Wildman–Crippen MR) is 117 cm³/mol.